The highest BCUT2D eigenvalue weighted by Crippen LogP contribution is 2.31. The van der Waals surface area contributed by atoms with Crippen molar-refractivity contribution in [1.82, 2.24) is 19.8 Å². The van der Waals surface area contributed by atoms with Crippen LogP contribution in [0.4, 0.5) is 11.4 Å². The van der Waals surface area contributed by atoms with Gasteiger partial charge in [0.1, 0.15) is 35.0 Å². The molecule has 4 heterocycles. The van der Waals surface area contributed by atoms with E-state index in [0.29, 0.717) is 97.4 Å². The van der Waals surface area contributed by atoms with Gasteiger partial charge >= 0.3 is 0 Å². The van der Waals surface area contributed by atoms with Crippen molar-refractivity contribution in [2.45, 2.75) is 51.6 Å². The predicted octanol–water partition coefficient (Wildman–Crippen LogP) is 9.27. The third-order valence-corrected chi connectivity index (χ3v) is 11.4. The maximum atomic E-state index is 13.9. The molecule has 2 aliphatic heterocycles. The summed E-state index contributed by atoms with van der Waals surface area (Å²) in [4.78, 5) is 67.2. The van der Waals surface area contributed by atoms with Crippen molar-refractivity contribution < 1.29 is 28.7 Å². The zero-order valence-corrected chi connectivity index (χ0v) is 35.9. The SMILES string of the molecule is CCOc1cccc(-c2cccnc2C(=O)N2CCC[C@H]2C(=O)Nc2ccc(C=Cc3ccc(NC(=O)[C@@H]4CCCN4C(=O)c4ncccc4-c4cccc(OCC)c4)cc3)cc2)c1. The van der Waals surface area contributed by atoms with Gasteiger partial charge in [0.25, 0.3) is 11.8 Å². The van der Waals surface area contributed by atoms with Crippen molar-refractivity contribution in [3.63, 3.8) is 0 Å². The Morgan fingerprint density at radius 1 is 0.578 bits per heavy atom. The number of carbonyl (C=O) groups is 4. The van der Waals surface area contributed by atoms with Gasteiger partial charge < -0.3 is 29.9 Å². The van der Waals surface area contributed by atoms with Crippen molar-refractivity contribution in [3.8, 4) is 33.8 Å². The predicted molar refractivity (Wildman–Crippen MR) is 249 cm³/mol. The lowest BCUT2D eigenvalue weighted by Crippen LogP contribution is -2.43. The number of likely N-dealkylation sites (tertiary alicyclic amines) is 2. The largest absolute Gasteiger partial charge is 0.494 e. The van der Waals surface area contributed by atoms with Crippen LogP contribution in [0.15, 0.2) is 134 Å². The Balaban J connectivity index is 0.857. The highest BCUT2D eigenvalue weighted by atomic mass is 16.5. The van der Waals surface area contributed by atoms with Crippen LogP contribution in [-0.4, -0.2) is 81.8 Å². The molecule has 4 amide bonds. The van der Waals surface area contributed by atoms with Crippen LogP contribution in [0.1, 0.15) is 71.6 Å². The van der Waals surface area contributed by atoms with E-state index in [0.717, 1.165) is 22.3 Å². The van der Waals surface area contributed by atoms with Crippen LogP contribution in [0.3, 0.4) is 0 Å². The fraction of sp³-hybridized carbons (Fsp3) is 0.231. The summed E-state index contributed by atoms with van der Waals surface area (Å²) in [7, 11) is 0. The van der Waals surface area contributed by atoms with Crippen LogP contribution in [0.2, 0.25) is 0 Å². The third-order valence-electron chi connectivity index (χ3n) is 11.4. The van der Waals surface area contributed by atoms with Crippen LogP contribution >= 0.6 is 0 Å². The fourth-order valence-electron chi connectivity index (χ4n) is 8.29. The number of hydrogen-bond donors (Lipinski definition) is 2. The summed E-state index contributed by atoms with van der Waals surface area (Å²) >= 11 is 0. The molecule has 64 heavy (non-hydrogen) atoms. The zero-order chi connectivity index (χ0) is 44.4. The molecule has 2 atom stereocenters. The minimum absolute atomic E-state index is 0.244. The second-order valence-corrected chi connectivity index (χ2v) is 15.6. The van der Waals surface area contributed by atoms with E-state index in [9.17, 15) is 19.2 Å². The van der Waals surface area contributed by atoms with Crippen molar-refractivity contribution in [3.05, 3.63) is 156 Å². The van der Waals surface area contributed by atoms with Crippen molar-refractivity contribution in [2.24, 2.45) is 0 Å². The number of anilines is 2. The average molecular weight is 855 g/mol. The third kappa shape index (κ3) is 9.86. The maximum absolute atomic E-state index is 13.9. The van der Waals surface area contributed by atoms with Gasteiger partial charge in [0.2, 0.25) is 11.8 Å². The van der Waals surface area contributed by atoms with Gasteiger partial charge in [-0.1, -0.05) is 72.8 Å². The molecule has 324 valence electrons. The molecule has 4 aromatic carbocycles. The number of ether oxygens (including phenoxy) is 2. The minimum Gasteiger partial charge on any atom is -0.494 e. The lowest BCUT2D eigenvalue weighted by molar-refractivity contribution is -0.120. The normalized spacial score (nSPS) is 15.8. The van der Waals surface area contributed by atoms with Crippen molar-refractivity contribution in [1.29, 1.82) is 0 Å². The fourth-order valence-corrected chi connectivity index (χ4v) is 8.29. The molecular formula is C52H50N6O6. The first kappa shape index (κ1) is 43.1. The second-order valence-electron chi connectivity index (χ2n) is 15.6. The molecular weight excluding hydrogens is 805 g/mol. The Hall–Kier alpha value is -7.60. The van der Waals surface area contributed by atoms with Gasteiger partial charge in [-0.15, -0.1) is 0 Å². The molecule has 8 rings (SSSR count). The van der Waals surface area contributed by atoms with Crippen LogP contribution in [-0.2, 0) is 9.59 Å². The summed E-state index contributed by atoms with van der Waals surface area (Å²) in [5, 5.41) is 6.01. The first-order valence-electron chi connectivity index (χ1n) is 21.8. The van der Waals surface area contributed by atoms with Gasteiger partial charge in [0.05, 0.1) is 13.2 Å². The summed E-state index contributed by atoms with van der Waals surface area (Å²) in [5.74, 6) is 0.364. The molecule has 2 aromatic heterocycles. The number of benzene rings is 4. The van der Waals surface area contributed by atoms with Crippen molar-refractivity contribution in [2.75, 3.05) is 36.9 Å². The quantitative estimate of drug-likeness (QED) is 0.103. The number of carbonyl (C=O) groups excluding carboxylic acids is 4. The number of nitrogens with one attached hydrogen (secondary N) is 2. The van der Waals surface area contributed by atoms with Gasteiger partial charge in [0, 0.05) is 48.0 Å². The monoisotopic (exact) mass is 854 g/mol. The van der Waals surface area contributed by atoms with E-state index >= 15 is 0 Å². The molecule has 2 N–H and O–H groups in total. The van der Waals surface area contributed by atoms with E-state index in [-0.39, 0.29) is 23.6 Å². The van der Waals surface area contributed by atoms with Gasteiger partial charge in [-0.2, -0.15) is 0 Å². The Bertz CT molecular complexity index is 2480. The van der Waals surface area contributed by atoms with Gasteiger partial charge in [-0.25, -0.2) is 0 Å². The standard InChI is InChI=1S/C52H50N6O6/c1-3-63-41-13-5-11-37(33-41)43-15-7-29-53-47(43)51(61)57-31-9-17-45(57)49(59)55-39-25-21-35(22-26-39)19-20-36-23-27-40(28-24-36)56-50(60)46-18-10-32-58(46)52(62)48-44(16-8-30-54-48)38-12-6-14-42(34-38)64-4-2/h5-8,11-16,19-30,33-34,45-46H,3-4,9-10,17-18,31-32H2,1-2H3,(H,55,59)(H,56,60)/t45-,46-/m0/s1. The lowest BCUT2D eigenvalue weighted by atomic mass is 10.0. The zero-order valence-electron chi connectivity index (χ0n) is 35.9. The second kappa shape index (κ2) is 20.1. The lowest BCUT2D eigenvalue weighted by Gasteiger charge is -2.24. The van der Waals surface area contributed by atoms with Gasteiger partial charge in [0.15, 0.2) is 0 Å². The molecule has 6 aromatic rings. The van der Waals surface area contributed by atoms with E-state index < -0.39 is 12.1 Å². The first-order chi connectivity index (χ1) is 31.3. The number of hydrogen-bond acceptors (Lipinski definition) is 8. The Morgan fingerprint density at radius 3 is 1.41 bits per heavy atom. The molecule has 0 unspecified atom stereocenters. The molecule has 0 bridgehead atoms. The summed E-state index contributed by atoms with van der Waals surface area (Å²) in [6.45, 7) is 5.82. The Morgan fingerprint density at radius 2 is 1.00 bits per heavy atom. The summed E-state index contributed by atoms with van der Waals surface area (Å²) in [6.07, 6.45) is 9.66. The smallest absolute Gasteiger partial charge is 0.273 e. The molecule has 12 nitrogen and oxygen atoms in total. The first-order valence-corrected chi connectivity index (χ1v) is 21.8. The molecule has 2 saturated heterocycles. The molecule has 2 fully saturated rings. The number of rotatable bonds is 14. The van der Waals surface area contributed by atoms with E-state index in [2.05, 4.69) is 20.6 Å². The van der Waals surface area contributed by atoms with E-state index in [1.54, 1.807) is 34.3 Å². The molecule has 12 heteroatoms. The molecule has 2 aliphatic rings. The number of aromatic nitrogens is 2. The highest BCUT2D eigenvalue weighted by molar-refractivity contribution is 6.05. The van der Waals surface area contributed by atoms with Gasteiger partial charge in [-0.05, 0) is 122 Å². The molecule has 0 aliphatic carbocycles. The molecule has 0 spiro atoms. The van der Waals surface area contributed by atoms with E-state index in [1.807, 2.05) is 135 Å². The maximum Gasteiger partial charge on any atom is 0.273 e. The average Bonchev–Trinajstić information content (AvgIpc) is 4.04. The van der Waals surface area contributed by atoms with Crippen LogP contribution in [0.25, 0.3) is 34.4 Å². The number of pyridine rings is 2. The van der Waals surface area contributed by atoms with Crippen LogP contribution < -0.4 is 20.1 Å². The topological polar surface area (TPSA) is 143 Å². The van der Waals surface area contributed by atoms with E-state index in [4.69, 9.17) is 9.47 Å². The summed E-state index contributed by atoms with van der Waals surface area (Å²) < 4.78 is 11.4. The number of nitrogens with zero attached hydrogens (tertiary/aromatic N) is 4. The summed E-state index contributed by atoms with van der Waals surface area (Å²) in [5.41, 5.74) is 6.71. The highest BCUT2D eigenvalue weighted by Gasteiger charge is 2.37. The number of amides is 4. The van der Waals surface area contributed by atoms with Gasteiger partial charge in [-0.3, -0.25) is 29.1 Å². The Labute approximate surface area is 373 Å². The van der Waals surface area contributed by atoms with Crippen LogP contribution in [0.5, 0.6) is 11.5 Å². The summed E-state index contributed by atoms with van der Waals surface area (Å²) in [6, 6.07) is 36.2. The molecule has 0 saturated carbocycles. The van der Waals surface area contributed by atoms with Crippen molar-refractivity contribution >= 4 is 47.2 Å². The van der Waals surface area contributed by atoms with E-state index in [1.165, 1.54) is 0 Å². The Kier molecular flexibility index (Phi) is 13.5. The molecule has 0 radical (unpaired) electrons. The minimum atomic E-state index is -0.626. The van der Waals surface area contributed by atoms with Crippen LogP contribution in [0, 0.1) is 0 Å².